The van der Waals surface area contributed by atoms with E-state index in [9.17, 15) is 5.11 Å². The second kappa shape index (κ2) is 3.54. The fraction of sp³-hybridized carbons (Fsp3) is 0.455. The minimum atomic E-state index is -0.307. The molecule has 0 amide bonds. The van der Waals surface area contributed by atoms with Gasteiger partial charge in [-0.15, -0.1) is 0 Å². The predicted octanol–water partition coefficient (Wildman–Crippen LogP) is 1.86. The van der Waals surface area contributed by atoms with E-state index in [1.54, 1.807) is 0 Å². The molecule has 0 unspecified atom stereocenters. The summed E-state index contributed by atoms with van der Waals surface area (Å²) in [5.41, 5.74) is 2.37. The van der Waals surface area contributed by atoms with Crippen molar-refractivity contribution in [2.45, 2.75) is 18.6 Å². The highest BCUT2D eigenvalue weighted by molar-refractivity contribution is 6.30. The van der Waals surface area contributed by atoms with E-state index in [4.69, 9.17) is 11.6 Å². The topological polar surface area (TPSA) is 23.5 Å². The normalized spacial score (nSPS) is 25.5. The largest absolute Gasteiger partial charge is 0.391 e. The van der Waals surface area contributed by atoms with Crippen LogP contribution >= 0.6 is 11.6 Å². The lowest BCUT2D eigenvalue weighted by atomic mass is 10.1. The van der Waals surface area contributed by atoms with E-state index in [0.717, 1.165) is 17.0 Å². The van der Waals surface area contributed by atoms with Crippen LogP contribution in [0.5, 0.6) is 0 Å². The van der Waals surface area contributed by atoms with Gasteiger partial charge in [-0.05, 0) is 37.4 Å². The molecule has 2 rings (SSSR count). The average Bonchev–Trinajstić information content (AvgIpc) is 2.40. The molecule has 1 N–H and O–H groups in total. The molecule has 1 aromatic rings. The molecule has 1 aliphatic rings. The zero-order valence-corrected chi connectivity index (χ0v) is 9.12. The van der Waals surface area contributed by atoms with Gasteiger partial charge in [-0.2, -0.15) is 0 Å². The average molecular weight is 212 g/mol. The first-order valence-corrected chi connectivity index (χ1v) is 5.10. The van der Waals surface area contributed by atoms with Crippen LogP contribution in [0.1, 0.15) is 17.2 Å². The van der Waals surface area contributed by atoms with E-state index >= 15 is 0 Å². The number of benzene rings is 1. The molecule has 0 saturated carbocycles. The maximum Gasteiger partial charge on any atom is 0.0777 e. The maximum absolute atomic E-state index is 9.89. The Labute approximate surface area is 89.1 Å². The molecule has 1 aliphatic carbocycles. The third-order valence-corrected chi connectivity index (χ3v) is 3.01. The van der Waals surface area contributed by atoms with Crippen molar-refractivity contribution >= 4 is 11.6 Å². The lowest BCUT2D eigenvalue weighted by molar-refractivity contribution is 0.0902. The van der Waals surface area contributed by atoms with Gasteiger partial charge in [0.25, 0.3) is 0 Å². The van der Waals surface area contributed by atoms with Crippen LogP contribution in [0.3, 0.4) is 0 Å². The van der Waals surface area contributed by atoms with Crippen LogP contribution in [0.4, 0.5) is 0 Å². The third-order valence-electron chi connectivity index (χ3n) is 2.78. The van der Waals surface area contributed by atoms with Crippen molar-refractivity contribution in [1.29, 1.82) is 0 Å². The second-order valence-electron chi connectivity index (χ2n) is 4.02. The molecule has 14 heavy (non-hydrogen) atoms. The molecule has 2 nitrogen and oxygen atoms in total. The number of hydrogen-bond donors (Lipinski definition) is 1. The number of aliphatic hydroxyl groups is 1. The summed E-state index contributed by atoms with van der Waals surface area (Å²) >= 11 is 5.94. The first-order chi connectivity index (χ1) is 6.59. The monoisotopic (exact) mass is 211 g/mol. The van der Waals surface area contributed by atoms with Crippen molar-refractivity contribution < 1.29 is 5.11 Å². The summed E-state index contributed by atoms with van der Waals surface area (Å²) in [4.78, 5) is 2.03. The number of aliphatic hydroxyl groups excluding tert-OH is 1. The van der Waals surface area contributed by atoms with E-state index in [1.165, 1.54) is 5.56 Å². The van der Waals surface area contributed by atoms with Gasteiger partial charge in [0.15, 0.2) is 0 Å². The molecule has 0 aromatic heterocycles. The Balaban J connectivity index is 2.44. The zero-order valence-electron chi connectivity index (χ0n) is 8.37. The molecule has 0 fully saturated rings. The molecule has 1 aromatic carbocycles. The fourth-order valence-corrected chi connectivity index (χ4v) is 2.37. The molecule has 76 valence electrons. The van der Waals surface area contributed by atoms with Crippen LogP contribution in [-0.4, -0.2) is 30.2 Å². The summed E-state index contributed by atoms with van der Waals surface area (Å²) in [7, 11) is 3.95. The predicted molar refractivity (Wildman–Crippen MR) is 57.6 cm³/mol. The highest BCUT2D eigenvalue weighted by Crippen LogP contribution is 2.36. The third kappa shape index (κ3) is 1.54. The van der Waals surface area contributed by atoms with Gasteiger partial charge in [0, 0.05) is 11.4 Å². The van der Waals surface area contributed by atoms with Crippen molar-refractivity contribution in [2.24, 2.45) is 0 Å². The first-order valence-electron chi connectivity index (χ1n) is 4.72. The first kappa shape index (κ1) is 9.97. The lowest BCUT2D eigenvalue weighted by Crippen LogP contribution is -2.27. The van der Waals surface area contributed by atoms with Gasteiger partial charge in [0.1, 0.15) is 0 Å². The van der Waals surface area contributed by atoms with Crippen LogP contribution in [0, 0.1) is 0 Å². The van der Waals surface area contributed by atoms with E-state index in [-0.39, 0.29) is 12.1 Å². The van der Waals surface area contributed by atoms with Crippen LogP contribution in [0.15, 0.2) is 18.2 Å². The van der Waals surface area contributed by atoms with E-state index in [2.05, 4.69) is 0 Å². The molecule has 0 heterocycles. The molecular weight excluding hydrogens is 198 g/mol. The van der Waals surface area contributed by atoms with E-state index < -0.39 is 0 Å². The van der Waals surface area contributed by atoms with Gasteiger partial charge in [-0.3, -0.25) is 0 Å². The molecule has 2 atom stereocenters. The quantitative estimate of drug-likeness (QED) is 0.767. The summed E-state index contributed by atoms with van der Waals surface area (Å²) in [6.45, 7) is 0. The Hall–Kier alpha value is -0.570. The highest BCUT2D eigenvalue weighted by Gasteiger charge is 2.32. The minimum absolute atomic E-state index is 0.0868. The van der Waals surface area contributed by atoms with E-state index in [0.29, 0.717) is 0 Å². The minimum Gasteiger partial charge on any atom is -0.391 e. The van der Waals surface area contributed by atoms with Crippen molar-refractivity contribution in [2.75, 3.05) is 14.1 Å². The number of halogens is 1. The molecule has 0 aliphatic heterocycles. The summed E-state index contributed by atoms with van der Waals surface area (Å²) in [5.74, 6) is 0. The molecule has 0 spiro atoms. The number of hydrogen-bond acceptors (Lipinski definition) is 2. The van der Waals surface area contributed by atoms with Crippen molar-refractivity contribution in [3.63, 3.8) is 0 Å². The highest BCUT2D eigenvalue weighted by atomic mass is 35.5. The Morgan fingerprint density at radius 2 is 2.14 bits per heavy atom. The molecule has 0 bridgehead atoms. The van der Waals surface area contributed by atoms with Gasteiger partial charge in [0.05, 0.1) is 12.1 Å². The molecular formula is C11H14ClNO. The van der Waals surface area contributed by atoms with Crippen molar-refractivity contribution in [1.82, 2.24) is 4.90 Å². The number of rotatable bonds is 1. The van der Waals surface area contributed by atoms with Crippen LogP contribution in [0.25, 0.3) is 0 Å². The van der Waals surface area contributed by atoms with Crippen molar-refractivity contribution in [3.05, 3.63) is 34.3 Å². The van der Waals surface area contributed by atoms with Gasteiger partial charge < -0.3 is 10.0 Å². The molecule has 0 radical (unpaired) electrons. The Bertz CT molecular complexity index is 351. The Kier molecular flexibility index (Phi) is 2.52. The SMILES string of the molecule is CN(C)[C@@H]1c2cc(Cl)ccc2C[C@H]1O. The van der Waals surface area contributed by atoms with Crippen LogP contribution < -0.4 is 0 Å². The summed E-state index contributed by atoms with van der Waals surface area (Å²) < 4.78 is 0. The van der Waals surface area contributed by atoms with E-state index in [1.807, 2.05) is 37.2 Å². The number of likely N-dealkylation sites (N-methyl/N-ethyl adjacent to an activating group) is 1. The number of fused-ring (bicyclic) bond motifs is 1. The smallest absolute Gasteiger partial charge is 0.0777 e. The van der Waals surface area contributed by atoms with Crippen molar-refractivity contribution in [3.8, 4) is 0 Å². The Morgan fingerprint density at radius 3 is 2.79 bits per heavy atom. The second-order valence-corrected chi connectivity index (χ2v) is 4.46. The summed E-state index contributed by atoms with van der Waals surface area (Å²) in [5, 5.41) is 10.6. The zero-order chi connectivity index (χ0) is 10.3. The van der Waals surface area contributed by atoms with Gasteiger partial charge in [-0.25, -0.2) is 0 Å². The standard InChI is InChI=1S/C11H14ClNO/c1-13(2)11-9-6-8(12)4-3-7(9)5-10(11)14/h3-4,6,10-11,14H,5H2,1-2H3/t10-,11-/m1/s1. The summed E-state index contributed by atoms with van der Waals surface area (Å²) in [6, 6.07) is 5.93. The maximum atomic E-state index is 9.89. The summed E-state index contributed by atoms with van der Waals surface area (Å²) in [6.07, 6.45) is 0.425. The Morgan fingerprint density at radius 1 is 1.43 bits per heavy atom. The van der Waals surface area contributed by atoms with Crippen LogP contribution in [0.2, 0.25) is 5.02 Å². The van der Waals surface area contributed by atoms with Gasteiger partial charge in [-0.1, -0.05) is 17.7 Å². The number of nitrogens with zero attached hydrogens (tertiary/aromatic N) is 1. The molecule has 0 saturated heterocycles. The van der Waals surface area contributed by atoms with Gasteiger partial charge >= 0.3 is 0 Å². The van der Waals surface area contributed by atoms with Gasteiger partial charge in [0.2, 0.25) is 0 Å². The van der Waals surface area contributed by atoms with Crippen LogP contribution in [-0.2, 0) is 6.42 Å². The molecule has 3 heteroatoms. The lowest BCUT2D eigenvalue weighted by Gasteiger charge is -2.23. The fourth-order valence-electron chi connectivity index (χ4n) is 2.19.